The number of methoxy groups -OCH3 is 1. The summed E-state index contributed by atoms with van der Waals surface area (Å²) in [6.45, 7) is 0. The molecular formula is C13H9BrF2N2O2. The Labute approximate surface area is 121 Å². The lowest BCUT2D eigenvalue weighted by molar-refractivity contribution is 0.102. The van der Waals surface area contributed by atoms with Crippen molar-refractivity contribution in [3.63, 3.8) is 0 Å². The van der Waals surface area contributed by atoms with Crippen LogP contribution < -0.4 is 10.1 Å². The Balaban J connectivity index is 2.30. The Kier molecular flexibility index (Phi) is 4.29. The number of nitrogens with zero attached hydrogens (tertiary/aromatic N) is 1. The van der Waals surface area contributed by atoms with E-state index in [-0.39, 0.29) is 0 Å². The molecule has 0 saturated heterocycles. The molecule has 1 N–H and O–H groups in total. The van der Waals surface area contributed by atoms with E-state index in [9.17, 15) is 13.6 Å². The van der Waals surface area contributed by atoms with Gasteiger partial charge < -0.3 is 10.1 Å². The number of hydrogen-bond acceptors (Lipinski definition) is 3. The van der Waals surface area contributed by atoms with E-state index >= 15 is 0 Å². The van der Waals surface area contributed by atoms with Crippen LogP contribution in [0.25, 0.3) is 0 Å². The molecule has 1 aromatic carbocycles. The first-order valence-electron chi connectivity index (χ1n) is 5.48. The third kappa shape index (κ3) is 2.93. The molecular weight excluding hydrogens is 334 g/mol. The quantitative estimate of drug-likeness (QED) is 0.870. The number of pyridine rings is 1. The van der Waals surface area contributed by atoms with Crippen molar-refractivity contribution in [2.45, 2.75) is 0 Å². The van der Waals surface area contributed by atoms with Gasteiger partial charge in [0.1, 0.15) is 5.75 Å². The number of halogens is 3. The van der Waals surface area contributed by atoms with Gasteiger partial charge in [-0.25, -0.2) is 9.37 Å². The number of carbonyl (C=O) groups is 1. The molecule has 0 atom stereocenters. The Morgan fingerprint density at radius 2 is 2.10 bits per heavy atom. The number of ether oxygens (including phenoxy) is 1. The number of nitrogens with one attached hydrogen (secondary N) is 1. The van der Waals surface area contributed by atoms with Gasteiger partial charge in [-0.15, -0.1) is 0 Å². The van der Waals surface area contributed by atoms with Gasteiger partial charge in [-0.1, -0.05) is 0 Å². The van der Waals surface area contributed by atoms with Crippen LogP contribution in [0.4, 0.5) is 14.5 Å². The van der Waals surface area contributed by atoms with Crippen molar-refractivity contribution >= 4 is 27.5 Å². The maximum Gasteiger partial charge on any atom is 0.258 e. The molecule has 0 bridgehead atoms. The highest BCUT2D eigenvalue weighted by atomic mass is 79.9. The van der Waals surface area contributed by atoms with Crippen molar-refractivity contribution < 1.29 is 18.3 Å². The summed E-state index contributed by atoms with van der Waals surface area (Å²) in [5.41, 5.74) is -0.0433. The van der Waals surface area contributed by atoms with Crippen molar-refractivity contribution in [2.24, 2.45) is 0 Å². The third-order valence-corrected chi connectivity index (χ3v) is 3.20. The van der Waals surface area contributed by atoms with Crippen molar-refractivity contribution in [1.29, 1.82) is 0 Å². The monoisotopic (exact) mass is 342 g/mol. The van der Waals surface area contributed by atoms with Crippen LogP contribution in [0.5, 0.6) is 5.75 Å². The van der Waals surface area contributed by atoms with Crippen LogP contribution in [0.2, 0.25) is 0 Å². The van der Waals surface area contributed by atoms with E-state index < -0.39 is 23.2 Å². The predicted molar refractivity (Wildman–Crippen MR) is 72.8 cm³/mol. The summed E-state index contributed by atoms with van der Waals surface area (Å²) in [6, 6.07) is 6.00. The molecule has 7 heteroatoms. The fourth-order valence-electron chi connectivity index (χ4n) is 1.51. The molecule has 2 rings (SSSR count). The summed E-state index contributed by atoms with van der Waals surface area (Å²) in [5, 5.41) is 2.47. The van der Waals surface area contributed by atoms with Gasteiger partial charge in [0.25, 0.3) is 5.91 Å². The fourth-order valence-corrected chi connectivity index (χ4v) is 1.86. The third-order valence-electron chi connectivity index (χ3n) is 2.51. The summed E-state index contributed by atoms with van der Waals surface area (Å²) in [5.74, 6) is -2.87. The van der Waals surface area contributed by atoms with Gasteiger partial charge in [-0.3, -0.25) is 4.79 Å². The van der Waals surface area contributed by atoms with Gasteiger partial charge in [-0.2, -0.15) is 4.39 Å². The van der Waals surface area contributed by atoms with E-state index in [0.29, 0.717) is 15.9 Å². The Morgan fingerprint density at radius 1 is 1.35 bits per heavy atom. The van der Waals surface area contributed by atoms with E-state index in [4.69, 9.17) is 4.74 Å². The van der Waals surface area contributed by atoms with Crippen LogP contribution in [0.1, 0.15) is 10.4 Å². The second-order valence-corrected chi connectivity index (χ2v) is 4.62. The van der Waals surface area contributed by atoms with Gasteiger partial charge in [0.2, 0.25) is 5.95 Å². The molecule has 104 valence electrons. The minimum atomic E-state index is -1.32. The van der Waals surface area contributed by atoms with E-state index in [1.54, 1.807) is 18.2 Å². The van der Waals surface area contributed by atoms with Crippen molar-refractivity contribution in [3.05, 3.63) is 52.3 Å². The summed E-state index contributed by atoms with van der Waals surface area (Å²) < 4.78 is 32.1. The van der Waals surface area contributed by atoms with Crippen LogP contribution in [0, 0.1) is 11.8 Å². The zero-order chi connectivity index (χ0) is 14.7. The molecule has 1 amide bonds. The second kappa shape index (κ2) is 5.96. The molecule has 0 aliphatic carbocycles. The minimum absolute atomic E-state index is 0.381. The van der Waals surface area contributed by atoms with E-state index in [1.165, 1.54) is 7.11 Å². The average molecular weight is 343 g/mol. The lowest BCUT2D eigenvalue weighted by Gasteiger charge is -2.09. The molecule has 1 heterocycles. The normalized spacial score (nSPS) is 10.2. The molecule has 0 radical (unpaired) electrons. The van der Waals surface area contributed by atoms with E-state index in [1.807, 2.05) is 0 Å². The maximum absolute atomic E-state index is 13.5. The van der Waals surface area contributed by atoms with Crippen LogP contribution >= 0.6 is 15.9 Å². The summed E-state index contributed by atoms with van der Waals surface area (Å²) in [7, 11) is 1.48. The molecule has 0 fully saturated rings. The first-order chi connectivity index (χ1) is 9.52. The molecule has 0 unspecified atom stereocenters. The molecule has 0 aliphatic heterocycles. The smallest absolute Gasteiger partial charge is 0.258 e. The first-order valence-corrected chi connectivity index (χ1v) is 6.27. The Hall–Kier alpha value is -2.02. The van der Waals surface area contributed by atoms with Gasteiger partial charge in [0.05, 0.1) is 18.4 Å². The summed E-state index contributed by atoms with van der Waals surface area (Å²) in [6.07, 6.45) is 1.02. The number of carbonyl (C=O) groups excluding carboxylic acids is 1. The molecule has 1 aromatic heterocycles. The van der Waals surface area contributed by atoms with Crippen LogP contribution in [-0.2, 0) is 0 Å². The van der Waals surface area contributed by atoms with Gasteiger partial charge >= 0.3 is 0 Å². The second-order valence-electron chi connectivity index (χ2n) is 3.76. The predicted octanol–water partition coefficient (Wildman–Crippen LogP) is 3.38. The van der Waals surface area contributed by atoms with Crippen molar-refractivity contribution in [3.8, 4) is 5.75 Å². The van der Waals surface area contributed by atoms with Gasteiger partial charge in [-0.05, 0) is 34.1 Å². The topological polar surface area (TPSA) is 51.2 Å². The number of hydrogen-bond donors (Lipinski definition) is 1. The highest BCUT2D eigenvalue weighted by Crippen LogP contribution is 2.27. The van der Waals surface area contributed by atoms with Crippen LogP contribution in [0.15, 0.2) is 34.9 Å². The molecule has 20 heavy (non-hydrogen) atoms. The number of amides is 1. The Morgan fingerprint density at radius 3 is 2.80 bits per heavy atom. The molecule has 0 saturated carbocycles. The van der Waals surface area contributed by atoms with Crippen molar-refractivity contribution in [2.75, 3.05) is 12.4 Å². The first kappa shape index (κ1) is 14.4. The lowest BCUT2D eigenvalue weighted by atomic mass is 10.2. The maximum atomic E-state index is 13.5. The highest BCUT2D eigenvalue weighted by molar-refractivity contribution is 9.10. The highest BCUT2D eigenvalue weighted by Gasteiger charge is 2.17. The van der Waals surface area contributed by atoms with Crippen LogP contribution in [0.3, 0.4) is 0 Å². The standard InChI is InChI=1S/C13H9BrF2N2O2/c1-20-7-2-3-9(14)10(6-7)18-13(19)8-4-5-17-12(16)11(8)15/h2-6H,1H3,(H,18,19). The summed E-state index contributed by atoms with van der Waals surface area (Å²) >= 11 is 3.24. The number of aromatic nitrogens is 1. The average Bonchev–Trinajstić information content (AvgIpc) is 2.44. The van der Waals surface area contributed by atoms with Crippen molar-refractivity contribution in [1.82, 2.24) is 4.98 Å². The number of benzene rings is 1. The SMILES string of the molecule is COc1ccc(Br)c(NC(=O)c2ccnc(F)c2F)c1. The molecule has 2 aromatic rings. The van der Waals surface area contributed by atoms with E-state index in [0.717, 1.165) is 12.3 Å². The zero-order valence-corrected chi connectivity index (χ0v) is 11.9. The Bertz CT molecular complexity index is 665. The zero-order valence-electron chi connectivity index (χ0n) is 10.3. The van der Waals surface area contributed by atoms with Gasteiger partial charge in [0, 0.05) is 16.7 Å². The minimum Gasteiger partial charge on any atom is -0.497 e. The van der Waals surface area contributed by atoms with E-state index in [2.05, 4.69) is 26.2 Å². The number of anilines is 1. The molecule has 0 spiro atoms. The van der Waals surface area contributed by atoms with Gasteiger partial charge in [0.15, 0.2) is 5.82 Å². The fraction of sp³-hybridized carbons (Fsp3) is 0.0769. The summed E-state index contributed by atoms with van der Waals surface area (Å²) in [4.78, 5) is 15.1. The molecule has 0 aliphatic rings. The molecule has 4 nitrogen and oxygen atoms in total. The number of rotatable bonds is 3. The van der Waals surface area contributed by atoms with Crippen LogP contribution in [-0.4, -0.2) is 18.0 Å². The lowest BCUT2D eigenvalue weighted by Crippen LogP contribution is -2.15. The largest absolute Gasteiger partial charge is 0.497 e.